The number of unbranched alkanes of at least 4 members (excludes halogenated alkanes) is 23. The number of ether oxygens (including phenoxy) is 2. The summed E-state index contributed by atoms with van der Waals surface area (Å²) in [6, 6.07) is 9.85. The van der Waals surface area contributed by atoms with E-state index in [2.05, 4.69) is 31.3 Å². The van der Waals surface area contributed by atoms with Gasteiger partial charge in [-0.25, -0.2) is 0 Å². The predicted octanol–water partition coefficient (Wildman–Crippen LogP) is 13.1. The summed E-state index contributed by atoms with van der Waals surface area (Å²) in [4.78, 5) is 25.1. The van der Waals surface area contributed by atoms with E-state index < -0.39 is 6.10 Å². The van der Waals surface area contributed by atoms with Crippen molar-refractivity contribution < 1.29 is 19.1 Å². The zero-order valence-electron chi connectivity index (χ0n) is 31.5. The van der Waals surface area contributed by atoms with E-state index in [0.29, 0.717) is 19.4 Å². The molecule has 1 atom stereocenters. The molecule has 48 heavy (non-hydrogen) atoms. The maximum Gasteiger partial charge on any atom is 0.306 e. The van der Waals surface area contributed by atoms with E-state index in [1.165, 1.54) is 128 Å². The number of esters is 2. The monoisotopic (exact) mass is 670 g/mol. The number of allylic oxidation sites excluding steroid dienone is 2. The van der Waals surface area contributed by atoms with Gasteiger partial charge in [0.05, 0.1) is 6.54 Å². The van der Waals surface area contributed by atoms with Crippen LogP contribution in [0, 0.1) is 0 Å². The summed E-state index contributed by atoms with van der Waals surface area (Å²) in [6.45, 7) is 5.04. The molecule has 1 N–H and O–H groups in total. The fourth-order valence-corrected chi connectivity index (χ4v) is 6.05. The Morgan fingerprint density at radius 2 is 0.979 bits per heavy atom. The second-order valence-corrected chi connectivity index (χ2v) is 13.9. The van der Waals surface area contributed by atoms with Crippen LogP contribution in [0.5, 0.6) is 0 Å². The highest BCUT2D eigenvalue weighted by atomic mass is 16.6. The number of nitrogens with one attached hydrogen (secondary N) is 1. The average Bonchev–Trinajstić information content (AvgIpc) is 3.10. The van der Waals surface area contributed by atoms with E-state index in [-0.39, 0.29) is 18.5 Å². The van der Waals surface area contributed by atoms with Crippen LogP contribution in [0.25, 0.3) is 0 Å². The van der Waals surface area contributed by atoms with Gasteiger partial charge in [-0.05, 0) is 50.7 Å². The number of carbonyl (C=O) groups excluding carboxylic acids is 2. The molecular formula is C43H75NO4. The van der Waals surface area contributed by atoms with Crippen LogP contribution in [0.1, 0.15) is 194 Å². The van der Waals surface area contributed by atoms with Crippen LogP contribution >= 0.6 is 0 Å². The summed E-state index contributed by atoms with van der Waals surface area (Å²) in [5.41, 5.74) is 0.953. The fraction of sp³-hybridized carbons (Fsp3) is 0.767. The Labute approximate surface area is 296 Å². The van der Waals surface area contributed by atoms with Crippen LogP contribution in [0.2, 0.25) is 0 Å². The highest BCUT2D eigenvalue weighted by Gasteiger charge is 2.17. The van der Waals surface area contributed by atoms with E-state index in [9.17, 15) is 9.59 Å². The molecule has 0 fully saturated rings. The molecule has 1 unspecified atom stereocenters. The van der Waals surface area contributed by atoms with E-state index in [1.54, 1.807) is 0 Å². The molecule has 1 rings (SSSR count). The highest BCUT2D eigenvalue weighted by molar-refractivity contribution is 5.70. The first-order valence-electron chi connectivity index (χ1n) is 20.4. The standard InChI is InChI=1S/C43H75NO4/c1-3-5-7-9-11-13-15-17-18-20-22-24-26-28-33-37-43(46)48-41(38-44-40-34-30-29-31-35-40)39-47-42(45)36-32-27-25-23-21-19-16-14-12-10-8-6-4-2/h17-18,29-31,34-35,41,44H,3-16,19-28,32-33,36-39H2,1-2H3/b18-17-. The fourth-order valence-electron chi connectivity index (χ4n) is 6.05. The molecule has 0 aliphatic rings. The zero-order valence-corrected chi connectivity index (χ0v) is 31.5. The lowest BCUT2D eigenvalue weighted by atomic mass is 10.0. The van der Waals surface area contributed by atoms with Gasteiger partial charge in [-0.15, -0.1) is 0 Å². The second-order valence-electron chi connectivity index (χ2n) is 13.9. The quantitative estimate of drug-likeness (QED) is 0.0443. The van der Waals surface area contributed by atoms with Crippen LogP contribution in [-0.2, 0) is 19.1 Å². The minimum absolute atomic E-state index is 0.0925. The molecule has 0 heterocycles. The van der Waals surface area contributed by atoms with Crippen molar-refractivity contribution in [1.82, 2.24) is 0 Å². The maximum atomic E-state index is 12.7. The number of anilines is 1. The molecule has 0 spiro atoms. The van der Waals surface area contributed by atoms with Gasteiger partial charge >= 0.3 is 11.9 Å². The summed E-state index contributed by atoms with van der Waals surface area (Å²) in [6.07, 6.45) is 37.6. The Hall–Kier alpha value is -2.30. The van der Waals surface area contributed by atoms with Gasteiger partial charge < -0.3 is 14.8 Å². The molecule has 5 heteroatoms. The van der Waals surface area contributed by atoms with Crippen molar-refractivity contribution >= 4 is 17.6 Å². The van der Waals surface area contributed by atoms with Gasteiger partial charge in [-0.3, -0.25) is 9.59 Å². The molecule has 0 amide bonds. The highest BCUT2D eigenvalue weighted by Crippen LogP contribution is 2.15. The molecule has 276 valence electrons. The first-order valence-corrected chi connectivity index (χ1v) is 20.4. The number of para-hydroxylation sites is 1. The lowest BCUT2D eigenvalue weighted by molar-refractivity contribution is -0.158. The van der Waals surface area contributed by atoms with Crippen molar-refractivity contribution in [3.63, 3.8) is 0 Å². The topological polar surface area (TPSA) is 64.6 Å². The van der Waals surface area contributed by atoms with Gasteiger partial charge in [-0.1, -0.05) is 173 Å². The van der Waals surface area contributed by atoms with Crippen molar-refractivity contribution in [1.29, 1.82) is 0 Å². The Bertz CT molecular complexity index is 871. The SMILES string of the molecule is CCCCCCCC/C=C\CCCCCCCC(=O)OC(CNc1ccccc1)COC(=O)CCCCCCCCCCCCCCC. The lowest BCUT2D eigenvalue weighted by Crippen LogP contribution is -2.31. The zero-order chi connectivity index (χ0) is 34.6. The third kappa shape index (κ3) is 29.8. The summed E-state index contributed by atoms with van der Waals surface area (Å²) >= 11 is 0. The predicted molar refractivity (Wildman–Crippen MR) is 206 cm³/mol. The van der Waals surface area contributed by atoms with Crippen molar-refractivity contribution in [3.05, 3.63) is 42.5 Å². The average molecular weight is 670 g/mol. The van der Waals surface area contributed by atoms with Crippen molar-refractivity contribution in [3.8, 4) is 0 Å². The molecule has 0 aliphatic heterocycles. The molecule has 0 saturated carbocycles. The first-order chi connectivity index (χ1) is 23.7. The number of carbonyl (C=O) groups is 2. The Kier molecular flexibility index (Phi) is 31.5. The van der Waals surface area contributed by atoms with Gasteiger partial charge in [0.2, 0.25) is 0 Å². The molecule has 1 aromatic carbocycles. The third-order valence-electron chi connectivity index (χ3n) is 9.16. The molecule has 0 aliphatic carbocycles. The normalized spacial score (nSPS) is 12.0. The smallest absolute Gasteiger partial charge is 0.306 e. The largest absolute Gasteiger partial charge is 0.462 e. The Morgan fingerprint density at radius 1 is 0.562 bits per heavy atom. The molecule has 5 nitrogen and oxygen atoms in total. The number of rotatable bonds is 35. The van der Waals surface area contributed by atoms with Crippen LogP contribution in [-0.4, -0.2) is 31.2 Å². The third-order valence-corrected chi connectivity index (χ3v) is 9.16. The summed E-state index contributed by atoms with van der Waals surface area (Å²) in [7, 11) is 0. The van der Waals surface area contributed by atoms with Crippen molar-refractivity contribution in [2.24, 2.45) is 0 Å². The van der Waals surface area contributed by atoms with Gasteiger partial charge in [0.15, 0.2) is 6.10 Å². The molecule has 0 saturated heterocycles. The van der Waals surface area contributed by atoms with E-state index in [0.717, 1.165) is 44.2 Å². The lowest BCUT2D eigenvalue weighted by Gasteiger charge is -2.19. The van der Waals surface area contributed by atoms with Crippen LogP contribution in [0.15, 0.2) is 42.5 Å². The number of hydrogen-bond acceptors (Lipinski definition) is 5. The molecular weight excluding hydrogens is 594 g/mol. The van der Waals surface area contributed by atoms with Gasteiger partial charge in [0.25, 0.3) is 0 Å². The van der Waals surface area contributed by atoms with Crippen molar-refractivity contribution in [2.75, 3.05) is 18.5 Å². The van der Waals surface area contributed by atoms with E-state index >= 15 is 0 Å². The molecule has 0 aromatic heterocycles. The van der Waals surface area contributed by atoms with Crippen molar-refractivity contribution in [2.45, 2.75) is 200 Å². The Balaban J connectivity index is 2.16. The van der Waals surface area contributed by atoms with Gasteiger partial charge in [0.1, 0.15) is 6.61 Å². The first kappa shape index (κ1) is 43.7. The maximum absolute atomic E-state index is 12.7. The van der Waals surface area contributed by atoms with E-state index in [4.69, 9.17) is 9.47 Å². The van der Waals surface area contributed by atoms with Crippen LogP contribution in [0.4, 0.5) is 5.69 Å². The van der Waals surface area contributed by atoms with E-state index in [1.807, 2.05) is 30.3 Å². The molecule has 0 bridgehead atoms. The summed E-state index contributed by atoms with van der Waals surface area (Å²) in [5, 5.41) is 3.32. The number of benzene rings is 1. The Morgan fingerprint density at radius 3 is 1.46 bits per heavy atom. The second kappa shape index (κ2) is 34.6. The van der Waals surface area contributed by atoms with Gasteiger partial charge in [0, 0.05) is 18.5 Å². The van der Waals surface area contributed by atoms with Crippen LogP contribution < -0.4 is 5.32 Å². The van der Waals surface area contributed by atoms with Crippen LogP contribution in [0.3, 0.4) is 0 Å². The molecule has 1 aromatic rings. The summed E-state index contributed by atoms with van der Waals surface area (Å²) < 4.78 is 11.3. The summed E-state index contributed by atoms with van der Waals surface area (Å²) in [5.74, 6) is -0.406. The number of hydrogen-bond donors (Lipinski definition) is 1. The minimum Gasteiger partial charge on any atom is -0.462 e. The minimum atomic E-state index is -0.503. The molecule has 0 radical (unpaired) electrons. The van der Waals surface area contributed by atoms with Gasteiger partial charge in [-0.2, -0.15) is 0 Å².